The number of anilines is 2. The molecule has 4 heteroatoms. The van der Waals surface area contributed by atoms with Crippen LogP contribution in [0.5, 0.6) is 0 Å². The molecule has 25 heavy (non-hydrogen) atoms. The molecule has 1 aliphatic heterocycles. The average molecular weight is 354 g/mol. The summed E-state index contributed by atoms with van der Waals surface area (Å²) in [6.45, 7) is 0.772. The molecule has 2 aromatic rings. The third-order valence-electron chi connectivity index (χ3n) is 5.27. The first-order chi connectivity index (χ1) is 12.3. The summed E-state index contributed by atoms with van der Waals surface area (Å²) < 4.78 is 0. The Labute approximate surface area is 154 Å². The summed E-state index contributed by atoms with van der Waals surface area (Å²) >= 11 is 6.09. The van der Waals surface area contributed by atoms with Gasteiger partial charge in [0.2, 0.25) is 0 Å². The molecule has 0 saturated heterocycles. The number of amidine groups is 1. The normalized spacial score (nSPS) is 20.0. The molecule has 0 bridgehead atoms. The van der Waals surface area contributed by atoms with Gasteiger partial charge in [0.05, 0.1) is 16.9 Å². The first-order valence-electron chi connectivity index (χ1n) is 9.19. The second-order valence-electron chi connectivity index (χ2n) is 7.05. The lowest BCUT2D eigenvalue weighted by Gasteiger charge is -2.44. The van der Waals surface area contributed by atoms with E-state index in [1.165, 1.54) is 30.5 Å². The van der Waals surface area contributed by atoms with Crippen molar-refractivity contribution >= 4 is 28.8 Å². The van der Waals surface area contributed by atoms with E-state index in [-0.39, 0.29) is 5.54 Å². The Balaban J connectivity index is 1.56. The lowest BCUT2D eigenvalue weighted by atomic mass is 9.79. The molecule has 1 heterocycles. The molecule has 0 atom stereocenters. The molecule has 1 saturated carbocycles. The van der Waals surface area contributed by atoms with Gasteiger partial charge in [0.15, 0.2) is 0 Å². The SMILES string of the molecule is Clc1cccc(CCN=C2Nc3ccccc3NC23CCCCC3)c1. The molecule has 1 aliphatic carbocycles. The van der Waals surface area contributed by atoms with Crippen LogP contribution in [0, 0.1) is 0 Å². The van der Waals surface area contributed by atoms with Gasteiger partial charge < -0.3 is 10.6 Å². The number of hydrogen-bond donors (Lipinski definition) is 2. The Kier molecular flexibility index (Phi) is 4.67. The summed E-state index contributed by atoms with van der Waals surface area (Å²) in [4.78, 5) is 4.98. The van der Waals surface area contributed by atoms with E-state index >= 15 is 0 Å². The summed E-state index contributed by atoms with van der Waals surface area (Å²) in [5, 5.41) is 8.21. The molecule has 2 aromatic carbocycles. The highest BCUT2D eigenvalue weighted by Crippen LogP contribution is 2.39. The number of halogens is 1. The van der Waals surface area contributed by atoms with Crippen molar-refractivity contribution in [2.24, 2.45) is 4.99 Å². The van der Waals surface area contributed by atoms with Crippen LogP contribution >= 0.6 is 11.6 Å². The zero-order chi connectivity index (χ0) is 17.1. The van der Waals surface area contributed by atoms with Gasteiger partial charge in [-0.3, -0.25) is 4.99 Å². The third-order valence-corrected chi connectivity index (χ3v) is 5.51. The Morgan fingerprint density at radius 3 is 2.56 bits per heavy atom. The van der Waals surface area contributed by atoms with E-state index in [4.69, 9.17) is 16.6 Å². The van der Waals surface area contributed by atoms with E-state index < -0.39 is 0 Å². The number of rotatable bonds is 3. The number of hydrogen-bond acceptors (Lipinski definition) is 2. The third kappa shape index (κ3) is 3.52. The Hall–Kier alpha value is -2.00. The fourth-order valence-electron chi connectivity index (χ4n) is 3.96. The van der Waals surface area contributed by atoms with Crippen LogP contribution in [0.2, 0.25) is 5.02 Å². The van der Waals surface area contributed by atoms with Gasteiger partial charge in [-0.15, -0.1) is 0 Å². The summed E-state index contributed by atoms with van der Waals surface area (Å²) in [6, 6.07) is 16.5. The van der Waals surface area contributed by atoms with Crippen LogP contribution in [0.4, 0.5) is 11.4 Å². The standard InChI is InChI=1S/C21H24ClN3/c22-17-8-6-7-16(15-17)11-14-23-20-21(12-4-1-5-13-21)25-19-10-3-2-9-18(19)24-20/h2-3,6-10,15,25H,1,4-5,11-14H2,(H,23,24). The van der Waals surface area contributed by atoms with Crippen LogP contribution < -0.4 is 10.6 Å². The maximum Gasteiger partial charge on any atom is 0.127 e. The van der Waals surface area contributed by atoms with Crippen molar-refractivity contribution in [3.8, 4) is 0 Å². The highest BCUT2D eigenvalue weighted by atomic mass is 35.5. The molecule has 4 rings (SSSR count). The van der Waals surface area contributed by atoms with Crippen LogP contribution in [0.1, 0.15) is 37.7 Å². The van der Waals surface area contributed by atoms with Crippen molar-refractivity contribution in [3.05, 3.63) is 59.1 Å². The van der Waals surface area contributed by atoms with Crippen LogP contribution in [0.3, 0.4) is 0 Å². The van der Waals surface area contributed by atoms with Gasteiger partial charge in [-0.25, -0.2) is 0 Å². The van der Waals surface area contributed by atoms with Crippen LogP contribution in [-0.2, 0) is 6.42 Å². The smallest absolute Gasteiger partial charge is 0.127 e. The van der Waals surface area contributed by atoms with E-state index in [2.05, 4.69) is 41.0 Å². The van der Waals surface area contributed by atoms with Gasteiger partial charge >= 0.3 is 0 Å². The molecule has 0 unspecified atom stereocenters. The molecule has 3 nitrogen and oxygen atoms in total. The Morgan fingerprint density at radius 1 is 0.960 bits per heavy atom. The predicted octanol–water partition coefficient (Wildman–Crippen LogP) is 5.52. The van der Waals surface area contributed by atoms with Crippen molar-refractivity contribution in [1.29, 1.82) is 0 Å². The maximum absolute atomic E-state index is 6.09. The summed E-state index contributed by atoms with van der Waals surface area (Å²) in [5.41, 5.74) is 3.53. The van der Waals surface area contributed by atoms with E-state index in [9.17, 15) is 0 Å². The van der Waals surface area contributed by atoms with Crippen molar-refractivity contribution in [2.45, 2.75) is 44.1 Å². The minimum atomic E-state index is -0.0268. The van der Waals surface area contributed by atoms with Crippen molar-refractivity contribution in [3.63, 3.8) is 0 Å². The fraction of sp³-hybridized carbons (Fsp3) is 0.381. The zero-order valence-corrected chi connectivity index (χ0v) is 15.1. The molecular weight excluding hydrogens is 330 g/mol. The van der Waals surface area contributed by atoms with E-state index in [1.807, 2.05) is 18.2 Å². The first kappa shape index (κ1) is 16.5. The largest absolute Gasteiger partial charge is 0.371 e. The van der Waals surface area contributed by atoms with Crippen LogP contribution in [0.25, 0.3) is 0 Å². The van der Waals surface area contributed by atoms with Crippen molar-refractivity contribution in [1.82, 2.24) is 0 Å². The molecule has 1 spiro atoms. The number of nitrogens with zero attached hydrogens (tertiary/aromatic N) is 1. The summed E-state index contributed by atoms with van der Waals surface area (Å²) in [6.07, 6.45) is 7.02. The maximum atomic E-state index is 6.09. The first-order valence-corrected chi connectivity index (χ1v) is 9.57. The highest BCUT2D eigenvalue weighted by Gasteiger charge is 2.40. The van der Waals surface area contributed by atoms with Crippen LogP contribution in [0.15, 0.2) is 53.5 Å². The number of fused-ring (bicyclic) bond motifs is 1. The van der Waals surface area contributed by atoms with Gasteiger partial charge in [-0.05, 0) is 49.1 Å². The Bertz CT molecular complexity index is 778. The molecule has 2 aliphatic rings. The molecule has 130 valence electrons. The minimum absolute atomic E-state index is 0.0268. The lowest BCUT2D eigenvalue weighted by Crippen LogP contribution is -2.53. The van der Waals surface area contributed by atoms with Gasteiger partial charge in [-0.1, -0.05) is 55.1 Å². The van der Waals surface area contributed by atoms with E-state index in [0.717, 1.165) is 42.4 Å². The molecule has 0 radical (unpaired) electrons. The number of aliphatic imine (C=N–C) groups is 1. The minimum Gasteiger partial charge on any atom is -0.371 e. The van der Waals surface area contributed by atoms with E-state index in [0.29, 0.717) is 0 Å². The van der Waals surface area contributed by atoms with Crippen LogP contribution in [-0.4, -0.2) is 17.9 Å². The van der Waals surface area contributed by atoms with Crippen molar-refractivity contribution in [2.75, 3.05) is 17.2 Å². The predicted molar refractivity (Wildman–Crippen MR) is 107 cm³/mol. The highest BCUT2D eigenvalue weighted by molar-refractivity contribution is 6.30. The second kappa shape index (κ2) is 7.09. The molecule has 1 fully saturated rings. The molecular formula is C21H24ClN3. The van der Waals surface area contributed by atoms with Gasteiger partial charge in [0.25, 0.3) is 0 Å². The van der Waals surface area contributed by atoms with E-state index in [1.54, 1.807) is 0 Å². The van der Waals surface area contributed by atoms with Gasteiger partial charge in [0.1, 0.15) is 5.84 Å². The quantitative estimate of drug-likeness (QED) is 0.762. The zero-order valence-electron chi connectivity index (χ0n) is 14.4. The summed E-state index contributed by atoms with van der Waals surface area (Å²) in [5.74, 6) is 1.10. The number of para-hydroxylation sites is 2. The second-order valence-corrected chi connectivity index (χ2v) is 7.49. The molecule has 0 amide bonds. The lowest BCUT2D eigenvalue weighted by molar-refractivity contribution is 0.403. The fourth-order valence-corrected chi connectivity index (χ4v) is 4.18. The Morgan fingerprint density at radius 2 is 1.76 bits per heavy atom. The number of nitrogens with one attached hydrogen (secondary N) is 2. The van der Waals surface area contributed by atoms with Crippen molar-refractivity contribution < 1.29 is 0 Å². The topological polar surface area (TPSA) is 36.4 Å². The molecule has 2 N–H and O–H groups in total. The monoisotopic (exact) mass is 353 g/mol. The average Bonchev–Trinajstić information content (AvgIpc) is 2.63. The van der Waals surface area contributed by atoms with Gasteiger partial charge in [-0.2, -0.15) is 0 Å². The molecule has 0 aromatic heterocycles. The summed E-state index contributed by atoms with van der Waals surface area (Å²) in [7, 11) is 0. The number of benzene rings is 2. The van der Waals surface area contributed by atoms with Gasteiger partial charge in [0, 0.05) is 11.6 Å².